The lowest BCUT2D eigenvalue weighted by molar-refractivity contribution is -0.131. The first-order chi connectivity index (χ1) is 14.7. The van der Waals surface area contributed by atoms with Crippen molar-refractivity contribution in [3.05, 3.63) is 12.7 Å². The fourth-order valence-electron chi connectivity index (χ4n) is 3.49. The maximum atomic E-state index is 9.25. The Balaban J connectivity index is 0. The summed E-state index contributed by atoms with van der Waals surface area (Å²) in [6, 6.07) is 0. The number of aliphatic carboxylic acids is 1. The van der Waals surface area contributed by atoms with Gasteiger partial charge in [-0.25, -0.2) is 4.79 Å². The first-order valence-electron chi connectivity index (χ1n) is 13.1. The van der Waals surface area contributed by atoms with E-state index in [1.807, 2.05) is 0 Å². The molecule has 0 saturated heterocycles. The van der Waals surface area contributed by atoms with Crippen LogP contribution < -0.4 is 0 Å². The summed E-state index contributed by atoms with van der Waals surface area (Å²) < 4.78 is 5.78. The number of hydrogen-bond acceptors (Lipinski definition) is 2. The average Bonchev–Trinajstić information content (AvgIpc) is 2.75. The van der Waals surface area contributed by atoms with E-state index in [0.717, 1.165) is 19.3 Å². The highest BCUT2D eigenvalue weighted by atomic mass is 16.5. The highest BCUT2D eigenvalue weighted by Gasteiger charge is 1.95. The molecule has 0 aliphatic carbocycles. The molecule has 0 aromatic heterocycles. The molecule has 0 spiro atoms. The Morgan fingerprint density at radius 3 is 1.07 bits per heavy atom. The second-order valence-corrected chi connectivity index (χ2v) is 8.52. The van der Waals surface area contributed by atoms with Crippen molar-refractivity contribution in [3.63, 3.8) is 0 Å². The molecule has 3 heteroatoms. The summed E-state index contributed by atoms with van der Waals surface area (Å²) in [4.78, 5) is 9.25. The third kappa shape index (κ3) is 34.7. The number of rotatable bonds is 23. The van der Waals surface area contributed by atoms with Gasteiger partial charge in [0.05, 0.1) is 0 Å². The molecule has 180 valence electrons. The quantitative estimate of drug-likeness (QED) is 0.131. The van der Waals surface area contributed by atoms with Gasteiger partial charge in [0.1, 0.15) is 0 Å². The predicted molar refractivity (Wildman–Crippen MR) is 132 cm³/mol. The maximum Gasteiger partial charge on any atom is 0.327 e. The van der Waals surface area contributed by atoms with Gasteiger partial charge in [0.2, 0.25) is 0 Å². The van der Waals surface area contributed by atoms with Crippen LogP contribution in [-0.4, -0.2) is 24.3 Å². The normalized spacial score (nSPS) is 10.5. The number of unbranched alkanes of at least 4 members (excludes halogenated alkanes) is 18. The number of carbonyl (C=O) groups is 1. The Bertz CT molecular complexity index is 306. The molecule has 0 bridgehead atoms. The van der Waals surface area contributed by atoms with Gasteiger partial charge < -0.3 is 9.84 Å². The third-order valence-electron chi connectivity index (χ3n) is 5.46. The molecule has 0 aliphatic heterocycles. The summed E-state index contributed by atoms with van der Waals surface area (Å²) >= 11 is 0. The molecule has 3 nitrogen and oxygen atoms in total. The number of ether oxygens (including phenoxy) is 1. The zero-order valence-corrected chi connectivity index (χ0v) is 20.6. The van der Waals surface area contributed by atoms with E-state index >= 15 is 0 Å². The SMILES string of the molecule is C=CC(=O)O.CCCCCCCCCCCCOCCCCCCCCCCCC. The molecule has 0 heterocycles. The average molecular weight is 427 g/mol. The molecule has 0 radical (unpaired) electrons. The van der Waals surface area contributed by atoms with Gasteiger partial charge in [0, 0.05) is 19.3 Å². The Kier molecular flexibility index (Phi) is 31.7. The van der Waals surface area contributed by atoms with Gasteiger partial charge in [0.15, 0.2) is 0 Å². The van der Waals surface area contributed by atoms with Crippen LogP contribution in [0.15, 0.2) is 12.7 Å². The van der Waals surface area contributed by atoms with Gasteiger partial charge in [-0.05, 0) is 12.8 Å². The van der Waals surface area contributed by atoms with Gasteiger partial charge >= 0.3 is 5.97 Å². The smallest absolute Gasteiger partial charge is 0.327 e. The molecule has 30 heavy (non-hydrogen) atoms. The lowest BCUT2D eigenvalue weighted by atomic mass is 10.1. The van der Waals surface area contributed by atoms with E-state index < -0.39 is 5.97 Å². The van der Waals surface area contributed by atoms with Crippen LogP contribution in [0.1, 0.15) is 142 Å². The van der Waals surface area contributed by atoms with Crippen molar-refractivity contribution in [1.29, 1.82) is 0 Å². The summed E-state index contributed by atoms with van der Waals surface area (Å²) in [5.74, 6) is -0.981. The minimum absolute atomic E-state index is 0.833. The Labute approximate surface area is 189 Å². The second kappa shape index (κ2) is 30.4. The maximum absolute atomic E-state index is 9.25. The van der Waals surface area contributed by atoms with Crippen LogP contribution in [0.2, 0.25) is 0 Å². The first-order valence-corrected chi connectivity index (χ1v) is 13.1. The Morgan fingerprint density at radius 2 is 0.833 bits per heavy atom. The van der Waals surface area contributed by atoms with Gasteiger partial charge in [-0.3, -0.25) is 0 Å². The lowest BCUT2D eigenvalue weighted by Gasteiger charge is -2.05. The molecule has 0 unspecified atom stereocenters. The van der Waals surface area contributed by atoms with Gasteiger partial charge in [-0.15, -0.1) is 0 Å². The number of hydrogen-bond donors (Lipinski definition) is 1. The van der Waals surface area contributed by atoms with Gasteiger partial charge in [-0.2, -0.15) is 0 Å². The highest BCUT2D eigenvalue weighted by molar-refractivity contribution is 5.78. The van der Waals surface area contributed by atoms with E-state index in [9.17, 15) is 4.79 Å². The molecular formula is C27H54O3. The Morgan fingerprint density at radius 1 is 0.600 bits per heavy atom. The van der Waals surface area contributed by atoms with Crippen LogP contribution in [0.25, 0.3) is 0 Å². The topological polar surface area (TPSA) is 46.5 Å². The van der Waals surface area contributed by atoms with Crippen molar-refractivity contribution in [2.24, 2.45) is 0 Å². The minimum atomic E-state index is -0.981. The van der Waals surface area contributed by atoms with E-state index in [0.29, 0.717) is 0 Å². The van der Waals surface area contributed by atoms with E-state index in [4.69, 9.17) is 9.84 Å². The largest absolute Gasteiger partial charge is 0.478 e. The lowest BCUT2D eigenvalue weighted by Crippen LogP contribution is -1.97. The molecule has 0 saturated carbocycles. The molecular weight excluding hydrogens is 372 g/mol. The molecule has 0 aromatic rings. The van der Waals surface area contributed by atoms with Crippen LogP contribution in [-0.2, 0) is 9.53 Å². The van der Waals surface area contributed by atoms with Gasteiger partial charge in [-0.1, -0.05) is 136 Å². The molecule has 0 aliphatic rings. The number of carboxylic acids is 1. The van der Waals surface area contributed by atoms with E-state index in [1.54, 1.807) is 0 Å². The van der Waals surface area contributed by atoms with Crippen molar-refractivity contribution in [2.75, 3.05) is 13.2 Å². The molecule has 1 N–H and O–H groups in total. The standard InChI is InChI=1S/C24H50O.C3H4O2/c1-3-5-7-9-11-13-15-17-19-21-23-25-24-22-20-18-16-14-12-10-8-6-4-2;1-2-3(4)5/h3-24H2,1-2H3;2H,1H2,(H,4,5). The fraction of sp³-hybridized carbons (Fsp3) is 0.889. The third-order valence-corrected chi connectivity index (χ3v) is 5.46. The summed E-state index contributed by atoms with van der Waals surface area (Å²) in [6.45, 7) is 9.53. The van der Waals surface area contributed by atoms with Crippen molar-refractivity contribution >= 4 is 5.97 Å². The van der Waals surface area contributed by atoms with Crippen LogP contribution in [0.4, 0.5) is 0 Å². The van der Waals surface area contributed by atoms with Crippen molar-refractivity contribution in [2.45, 2.75) is 142 Å². The van der Waals surface area contributed by atoms with Crippen LogP contribution in [0.3, 0.4) is 0 Å². The van der Waals surface area contributed by atoms with Crippen LogP contribution >= 0.6 is 0 Å². The molecule has 0 fully saturated rings. The number of carboxylic acid groups (broad SMARTS) is 1. The van der Waals surface area contributed by atoms with Crippen molar-refractivity contribution in [3.8, 4) is 0 Å². The highest BCUT2D eigenvalue weighted by Crippen LogP contribution is 2.12. The fourth-order valence-corrected chi connectivity index (χ4v) is 3.49. The van der Waals surface area contributed by atoms with E-state index in [-0.39, 0.29) is 0 Å². The predicted octanol–water partition coefficient (Wildman–Crippen LogP) is 9.10. The minimum Gasteiger partial charge on any atom is -0.478 e. The van der Waals surface area contributed by atoms with E-state index in [2.05, 4.69) is 20.4 Å². The van der Waals surface area contributed by atoms with Crippen molar-refractivity contribution in [1.82, 2.24) is 0 Å². The van der Waals surface area contributed by atoms with E-state index in [1.165, 1.54) is 128 Å². The summed E-state index contributed by atoms with van der Waals surface area (Å²) in [5, 5.41) is 7.60. The van der Waals surface area contributed by atoms with Crippen LogP contribution in [0, 0.1) is 0 Å². The molecule has 0 amide bonds. The molecule has 0 aromatic carbocycles. The summed E-state index contributed by atoms with van der Waals surface area (Å²) in [7, 11) is 0. The first kappa shape index (κ1) is 31.4. The zero-order chi connectivity index (χ0) is 22.5. The monoisotopic (exact) mass is 426 g/mol. The summed E-state index contributed by atoms with van der Waals surface area (Å²) in [5.41, 5.74) is 0. The summed E-state index contributed by atoms with van der Waals surface area (Å²) in [6.07, 6.45) is 29.0. The zero-order valence-electron chi connectivity index (χ0n) is 20.6. The molecule has 0 atom stereocenters. The van der Waals surface area contributed by atoms with Gasteiger partial charge in [0.25, 0.3) is 0 Å². The van der Waals surface area contributed by atoms with Crippen LogP contribution in [0.5, 0.6) is 0 Å². The molecule has 0 rings (SSSR count). The van der Waals surface area contributed by atoms with Crippen molar-refractivity contribution < 1.29 is 14.6 Å². The second-order valence-electron chi connectivity index (χ2n) is 8.52. The Hall–Kier alpha value is -0.830.